The van der Waals surface area contributed by atoms with Crippen molar-refractivity contribution in [3.05, 3.63) is 29.8 Å². The molecular weight excluding hydrogens is 236 g/mol. The Bertz CT molecular complexity index is 386. The predicted molar refractivity (Wildman–Crippen MR) is 79.4 cm³/mol. The van der Waals surface area contributed by atoms with Gasteiger partial charge in [0.2, 0.25) is 0 Å². The van der Waals surface area contributed by atoms with E-state index in [1.807, 2.05) is 13.0 Å². The molecule has 1 aromatic rings. The summed E-state index contributed by atoms with van der Waals surface area (Å²) in [6, 6.07) is 8.70. The zero-order chi connectivity index (χ0) is 13.7. The third-order valence-corrected chi connectivity index (χ3v) is 3.82. The normalized spacial score (nSPS) is 19.9. The van der Waals surface area contributed by atoms with Gasteiger partial charge < -0.3 is 10.5 Å². The minimum Gasteiger partial charge on any atom is -0.494 e. The van der Waals surface area contributed by atoms with E-state index in [0.29, 0.717) is 6.61 Å². The van der Waals surface area contributed by atoms with Crippen LogP contribution in [0.4, 0.5) is 0 Å². The highest BCUT2D eigenvalue weighted by molar-refractivity contribution is 5.37. The molecule has 3 heteroatoms. The number of hydrogen-bond acceptors (Lipinski definition) is 3. The molecule has 0 amide bonds. The van der Waals surface area contributed by atoms with E-state index in [4.69, 9.17) is 10.5 Å². The Kier molecular flexibility index (Phi) is 5.23. The number of ether oxygens (including phenoxy) is 1. The lowest BCUT2D eigenvalue weighted by atomic mass is 9.96. The van der Waals surface area contributed by atoms with Gasteiger partial charge in [0.25, 0.3) is 0 Å². The first-order chi connectivity index (χ1) is 9.24. The molecule has 1 heterocycles. The molecule has 1 aliphatic heterocycles. The maximum Gasteiger partial charge on any atom is 0.124 e. The van der Waals surface area contributed by atoms with Crippen molar-refractivity contribution in [3.63, 3.8) is 0 Å². The third-order valence-electron chi connectivity index (χ3n) is 3.82. The molecule has 2 atom stereocenters. The van der Waals surface area contributed by atoms with Crippen LogP contribution in [0.3, 0.4) is 0 Å². The topological polar surface area (TPSA) is 38.5 Å². The second-order valence-corrected chi connectivity index (χ2v) is 5.37. The van der Waals surface area contributed by atoms with Crippen LogP contribution in [0.15, 0.2) is 24.3 Å². The van der Waals surface area contributed by atoms with Gasteiger partial charge in [-0.05, 0) is 45.8 Å². The van der Waals surface area contributed by atoms with Gasteiger partial charge in [-0.3, -0.25) is 4.90 Å². The van der Waals surface area contributed by atoms with Gasteiger partial charge in [-0.2, -0.15) is 0 Å². The molecule has 1 fully saturated rings. The largest absolute Gasteiger partial charge is 0.494 e. The number of rotatable bonds is 5. The summed E-state index contributed by atoms with van der Waals surface area (Å²) in [7, 11) is 0. The van der Waals surface area contributed by atoms with Gasteiger partial charge in [-0.15, -0.1) is 0 Å². The molecule has 106 valence electrons. The molecule has 0 spiro atoms. The Hall–Kier alpha value is -1.06. The summed E-state index contributed by atoms with van der Waals surface area (Å²) >= 11 is 0. The van der Waals surface area contributed by atoms with E-state index >= 15 is 0 Å². The van der Waals surface area contributed by atoms with Crippen molar-refractivity contribution in [1.82, 2.24) is 4.90 Å². The van der Waals surface area contributed by atoms with Crippen molar-refractivity contribution in [1.29, 1.82) is 0 Å². The number of nitrogens with two attached hydrogens (primary N) is 1. The third kappa shape index (κ3) is 3.48. The Morgan fingerprint density at radius 1 is 1.21 bits per heavy atom. The number of likely N-dealkylation sites (tertiary alicyclic amines) is 1. The molecule has 1 saturated heterocycles. The van der Waals surface area contributed by atoms with E-state index in [2.05, 4.69) is 30.0 Å². The van der Waals surface area contributed by atoms with Gasteiger partial charge in [0.15, 0.2) is 0 Å². The Balaban J connectivity index is 2.27. The molecule has 0 radical (unpaired) electrons. The van der Waals surface area contributed by atoms with Crippen LogP contribution < -0.4 is 10.5 Å². The molecule has 0 aromatic heterocycles. The van der Waals surface area contributed by atoms with Gasteiger partial charge in [0, 0.05) is 11.6 Å². The summed E-state index contributed by atoms with van der Waals surface area (Å²) in [6.07, 6.45) is 3.90. The molecular formula is C16H26N2O. The van der Waals surface area contributed by atoms with E-state index in [0.717, 1.165) is 18.8 Å². The Morgan fingerprint density at radius 2 is 1.89 bits per heavy atom. The van der Waals surface area contributed by atoms with Crippen LogP contribution in [0.25, 0.3) is 0 Å². The first-order valence-electron chi connectivity index (χ1n) is 7.45. The van der Waals surface area contributed by atoms with Crippen molar-refractivity contribution < 1.29 is 4.74 Å². The van der Waals surface area contributed by atoms with Crippen LogP contribution >= 0.6 is 0 Å². The maximum absolute atomic E-state index is 6.27. The molecule has 1 aromatic carbocycles. The van der Waals surface area contributed by atoms with E-state index in [1.54, 1.807) is 0 Å². The molecule has 0 aliphatic carbocycles. The van der Waals surface area contributed by atoms with Gasteiger partial charge in [-0.1, -0.05) is 24.6 Å². The van der Waals surface area contributed by atoms with E-state index in [9.17, 15) is 0 Å². The Morgan fingerprint density at radius 3 is 2.53 bits per heavy atom. The van der Waals surface area contributed by atoms with E-state index in [-0.39, 0.29) is 12.1 Å². The number of benzene rings is 1. The van der Waals surface area contributed by atoms with Crippen LogP contribution in [0.5, 0.6) is 5.75 Å². The molecule has 0 bridgehead atoms. The number of piperidine rings is 1. The highest BCUT2D eigenvalue weighted by Gasteiger charge is 2.27. The summed E-state index contributed by atoms with van der Waals surface area (Å²) in [5, 5.41) is 0. The first kappa shape index (κ1) is 14.4. The van der Waals surface area contributed by atoms with Crippen molar-refractivity contribution in [2.75, 3.05) is 19.7 Å². The quantitative estimate of drug-likeness (QED) is 0.886. The molecule has 0 saturated carbocycles. The average Bonchev–Trinajstić information content (AvgIpc) is 2.42. The summed E-state index contributed by atoms with van der Waals surface area (Å²) < 4.78 is 5.78. The molecule has 3 nitrogen and oxygen atoms in total. The zero-order valence-electron chi connectivity index (χ0n) is 12.1. The van der Waals surface area contributed by atoms with Crippen molar-refractivity contribution in [2.45, 2.75) is 45.2 Å². The summed E-state index contributed by atoms with van der Waals surface area (Å²) in [5.41, 5.74) is 7.50. The van der Waals surface area contributed by atoms with Crippen LogP contribution in [-0.2, 0) is 0 Å². The summed E-state index contributed by atoms with van der Waals surface area (Å²) in [4.78, 5) is 2.52. The average molecular weight is 262 g/mol. The fourth-order valence-electron chi connectivity index (χ4n) is 3.02. The second kappa shape index (κ2) is 6.92. The monoisotopic (exact) mass is 262 g/mol. The second-order valence-electron chi connectivity index (χ2n) is 5.37. The molecule has 2 unspecified atom stereocenters. The molecule has 1 aliphatic rings. The molecule has 2 rings (SSSR count). The lowest BCUT2D eigenvalue weighted by molar-refractivity contribution is 0.143. The highest BCUT2D eigenvalue weighted by atomic mass is 16.5. The van der Waals surface area contributed by atoms with Crippen molar-refractivity contribution in [2.24, 2.45) is 5.73 Å². The molecule has 19 heavy (non-hydrogen) atoms. The van der Waals surface area contributed by atoms with E-state index in [1.165, 1.54) is 24.8 Å². The predicted octanol–water partition coefficient (Wildman–Crippen LogP) is 2.96. The van der Waals surface area contributed by atoms with Gasteiger partial charge in [-0.25, -0.2) is 0 Å². The first-order valence-corrected chi connectivity index (χ1v) is 7.45. The van der Waals surface area contributed by atoms with Crippen LogP contribution in [0.1, 0.15) is 44.7 Å². The lowest BCUT2D eigenvalue weighted by Gasteiger charge is -2.37. The maximum atomic E-state index is 6.27. The van der Waals surface area contributed by atoms with Gasteiger partial charge >= 0.3 is 0 Å². The SMILES string of the molecule is CCOc1ccccc1C(C(C)N)N1CCCCC1. The zero-order valence-corrected chi connectivity index (χ0v) is 12.1. The van der Waals surface area contributed by atoms with Crippen LogP contribution in [0, 0.1) is 0 Å². The van der Waals surface area contributed by atoms with Gasteiger partial charge in [0.05, 0.1) is 12.6 Å². The molecule has 2 N–H and O–H groups in total. The van der Waals surface area contributed by atoms with Crippen LogP contribution in [0.2, 0.25) is 0 Å². The van der Waals surface area contributed by atoms with E-state index < -0.39 is 0 Å². The Labute approximate surface area is 116 Å². The minimum absolute atomic E-state index is 0.111. The van der Waals surface area contributed by atoms with Crippen molar-refractivity contribution in [3.8, 4) is 5.75 Å². The highest BCUT2D eigenvalue weighted by Crippen LogP contribution is 2.33. The van der Waals surface area contributed by atoms with Gasteiger partial charge in [0.1, 0.15) is 5.75 Å². The fraction of sp³-hybridized carbons (Fsp3) is 0.625. The smallest absolute Gasteiger partial charge is 0.124 e. The minimum atomic E-state index is 0.111. The van der Waals surface area contributed by atoms with Crippen LogP contribution in [-0.4, -0.2) is 30.6 Å². The number of para-hydroxylation sites is 1. The number of hydrogen-bond donors (Lipinski definition) is 1. The lowest BCUT2D eigenvalue weighted by Crippen LogP contribution is -2.42. The van der Waals surface area contributed by atoms with Crippen molar-refractivity contribution >= 4 is 0 Å². The number of nitrogens with zero attached hydrogens (tertiary/aromatic N) is 1. The fourth-order valence-corrected chi connectivity index (χ4v) is 3.02. The summed E-state index contributed by atoms with van der Waals surface area (Å²) in [6.45, 7) is 7.11. The summed E-state index contributed by atoms with van der Waals surface area (Å²) in [5.74, 6) is 0.984. The standard InChI is InChI=1S/C16H26N2O/c1-3-19-15-10-6-5-9-14(15)16(13(2)17)18-11-7-4-8-12-18/h5-6,9-10,13,16H,3-4,7-8,11-12,17H2,1-2H3.